The molecule has 4 nitrogen and oxygen atoms in total. The smallest absolute Gasteiger partial charge is 0.241 e. The van der Waals surface area contributed by atoms with Crippen molar-refractivity contribution in [3.8, 4) is 0 Å². The molecule has 1 atom stereocenters. The summed E-state index contributed by atoms with van der Waals surface area (Å²) in [5.41, 5.74) is 1.18. The van der Waals surface area contributed by atoms with Gasteiger partial charge in [0.25, 0.3) is 0 Å². The Morgan fingerprint density at radius 1 is 1.27 bits per heavy atom. The molecule has 0 saturated carbocycles. The van der Waals surface area contributed by atoms with Gasteiger partial charge in [-0.25, -0.2) is 0 Å². The largest absolute Gasteiger partial charge is 0.389 e. The van der Waals surface area contributed by atoms with Gasteiger partial charge in [-0.15, -0.1) is 0 Å². The number of carbonyl (C=O) groups is 1. The highest BCUT2D eigenvalue weighted by Crippen LogP contribution is 2.24. The number of anilines is 1. The molecule has 124 valence electrons. The van der Waals surface area contributed by atoms with Crippen molar-refractivity contribution in [2.75, 3.05) is 18.4 Å². The molecule has 1 rings (SSSR count). The molecule has 4 heteroatoms. The van der Waals surface area contributed by atoms with Crippen LogP contribution in [0.1, 0.15) is 53.0 Å². The maximum Gasteiger partial charge on any atom is 0.241 e. The fourth-order valence-corrected chi connectivity index (χ4v) is 2.54. The van der Waals surface area contributed by atoms with E-state index < -0.39 is 5.60 Å². The van der Waals surface area contributed by atoms with Gasteiger partial charge in [0, 0.05) is 12.2 Å². The van der Waals surface area contributed by atoms with E-state index in [4.69, 9.17) is 0 Å². The minimum atomic E-state index is -0.819. The van der Waals surface area contributed by atoms with Gasteiger partial charge >= 0.3 is 0 Å². The zero-order chi connectivity index (χ0) is 16.9. The van der Waals surface area contributed by atoms with E-state index in [-0.39, 0.29) is 11.9 Å². The Morgan fingerprint density at radius 2 is 1.86 bits per heavy atom. The summed E-state index contributed by atoms with van der Waals surface area (Å²) >= 11 is 0. The van der Waals surface area contributed by atoms with Crippen molar-refractivity contribution in [2.24, 2.45) is 0 Å². The van der Waals surface area contributed by atoms with Crippen molar-refractivity contribution in [1.29, 1.82) is 0 Å². The van der Waals surface area contributed by atoms with Gasteiger partial charge in [0.05, 0.1) is 11.6 Å². The van der Waals surface area contributed by atoms with Crippen LogP contribution in [0.2, 0.25) is 0 Å². The molecule has 0 bridgehead atoms. The average molecular weight is 306 g/mol. The van der Waals surface area contributed by atoms with Crippen molar-refractivity contribution < 1.29 is 9.90 Å². The summed E-state index contributed by atoms with van der Waals surface area (Å²) in [4.78, 5) is 14.5. The highest BCUT2D eigenvalue weighted by molar-refractivity contribution is 5.95. The summed E-state index contributed by atoms with van der Waals surface area (Å²) in [7, 11) is 0. The predicted octanol–water partition coefficient (Wildman–Crippen LogP) is 3.23. The topological polar surface area (TPSA) is 52.6 Å². The van der Waals surface area contributed by atoms with Gasteiger partial charge < -0.3 is 10.4 Å². The molecule has 0 fully saturated rings. The van der Waals surface area contributed by atoms with Crippen LogP contribution in [0.3, 0.4) is 0 Å². The SMILES string of the molecule is CCN(CC(C)(C)O)C(C)C(=O)Nc1ccccc1C(C)C. The van der Waals surface area contributed by atoms with Gasteiger partial charge in [-0.05, 0) is 44.9 Å². The van der Waals surface area contributed by atoms with Crippen LogP contribution in [0.4, 0.5) is 5.69 Å². The van der Waals surface area contributed by atoms with E-state index >= 15 is 0 Å². The van der Waals surface area contributed by atoms with E-state index in [2.05, 4.69) is 19.2 Å². The quantitative estimate of drug-likeness (QED) is 0.813. The lowest BCUT2D eigenvalue weighted by Crippen LogP contribution is -2.48. The Bertz CT molecular complexity index is 492. The first-order chi connectivity index (χ1) is 10.2. The van der Waals surface area contributed by atoms with E-state index in [1.807, 2.05) is 43.0 Å². The van der Waals surface area contributed by atoms with Crippen LogP contribution in [0.15, 0.2) is 24.3 Å². The monoisotopic (exact) mass is 306 g/mol. The highest BCUT2D eigenvalue weighted by atomic mass is 16.3. The average Bonchev–Trinajstić information content (AvgIpc) is 2.43. The number of hydrogen-bond donors (Lipinski definition) is 2. The predicted molar refractivity (Wildman–Crippen MR) is 92.2 cm³/mol. The van der Waals surface area contributed by atoms with Gasteiger partial charge in [-0.3, -0.25) is 9.69 Å². The van der Waals surface area contributed by atoms with E-state index in [0.717, 1.165) is 11.3 Å². The number of carbonyl (C=O) groups excluding carboxylic acids is 1. The zero-order valence-corrected chi connectivity index (χ0v) is 14.7. The maximum absolute atomic E-state index is 12.5. The molecule has 22 heavy (non-hydrogen) atoms. The maximum atomic E-state index is 12.5. The summed E-state index contributed by atoms with van der Waals surface area (Å²) in [6.07, 6.45) is 0. The van der Waals surface area contributed by atoms with Gasteiger partial charge in [0.15, 0.2) is 0 Å². The Morgan fingerprint density at radius 3 is 2.36 bits per heavy atom. The Hall–Kier alpha value is -1.39. The van der Waals surface area contributed by atoms with Crippen LogP contribution < -0.4 is 5.32 Å². The summed E-state index contributed by atoms with van der Waals surface area (Å²) in [6, 6.07) is 7.60. The molecule has 0 aliphatic carbocycles. The second kappa shape index (κ2) is 7.75. The Balaban J connectivity index is 2.83. The van der Waals surface area contributed by atoms with E-state index in [1.165, 1.54) is 0 Å². The van der Waals surface area contributed by atoms with Crippen LogP contribution in [0, 0.1) is 0 Å². The lowest BCUT2D eigenvalue weighted by molar-refractivity contribution is -0.121. The molecule has 0 spiro atoms. The number of rotatable bonds is 7. The molecule has 0 radical (unpaired) electrons. The molecule has 0 heterocycles. The molecule has 1 unspecified atom stereocenters. The number of aliphatic hydroxyl groups is 1. The first-order valence-corrected chi connectivity index (χ1v) is 8.02. The summed E-state index contributed by atoms with van der Waals surface area (Å²) in [6.45, 7) is 12.8. The third-order valence-electron chi connectivity index (χ3n) is 3.76. The second-order valence-corrected chi connectivity index (χ2v) is 6.78. The van der Waals surface area contributed by atoms with Crippen LogP contribution >= 0.6 is 0 Å². The summed E-state index contributed by atoms with van der Waals surface area (Å²) in [5, 5.41) is 13.0. The molecule has 1 aromatic carbocycles. The van der Waals surface area contributed by atoms with Gasteiger partial charge in [0.2, 0.25) is 5.91 Å². The molecule has 1 aromatic rings. The van der Waals surface area contributed by atoms with Crippen molar-refractivity contribution in [2.45, 2.75) is 59.1 Å². The third-order valence-corrected chi connectivity index (χ3v) is 3.76. The first-order valence-electron chi connectivity index (χ1n) is 8.02. The molecule has 0 aliphatic rings. The fraction of sp³-hybridized carbons (Fsp3) is 0.611. The van der Waals surface area contributed by atoms with Gasteiger partial charge in [-0.1, -0.05) is 39.0 Å². The third kappa shape index (κ3) is 5.43. The molecule has 0 saturated heterocycles. The molecule has 0 aromatic heterocycles. The molecule has 0 aliphatic heterocycles. The molecular weight excluding hydrogens is 276 g/mol. The summed E-state index contributed by atoms with van der Waals surface area (Å²) in [5.74, 6) is 0.310. The lowest BCUT2D eigenvalue weighted by atomic mass is 10.0. The number of hydrogen-bond acceptors (Lipinski definition) is 3. The number of amides is 1. The van der Waals surface area contributed by atoms with Gasteiger partial charge in [-0.2, -0.15) is 0 Å². The highest BCUT2D eigenvalue weighted by Gasteiger charge is 2.26. The summed E-state index contributed by atoms with van der Waals surface area (Å²) < 4.78 is 0. The normalized spacial score (nSPS) is 13.5. The minimum Gasteiger partial charge on any atom is -0.389 e. The van der Waals surface area contributed by atoms with Crippen molar-refractivity contribution in [3.05, 3.63) is 29.8 Å². The van der Waals surface area contributed by atoms with Crippen molar-refractivity contribution >= 4 is 11.6 Å². The van der Waals surface area contributed by atoms with Gasteiger partial charge in [0.1, 0.15) is 0 Å². The molecule has 1 amide bonds. The number of likely N-dealkylation sites (N-methyl/N-ethyl adjacent to an activating group) is 1. The standard InChI is InChI=1S/C18H30N2O2/c1-7-20(12-18(5,6)22)14(4)17(21)19-16-11-9-8-10-15(16)13(2)3/h8-11,13-14,22H,7,12H2,1-6H3,(H,19,21). The number of benzene rings is 1. The van der Waals surface area contributed by atoms with Crippen LogP contribution in [0.5, 0.6) is 0 Å². The van der Waals surface area contributed by atoms with Crippen LogP contribution in [0.25, 0.3) is 0 Å². The van der Waals surface area contributed by atoms with Crippen LogP contribution in [-0.2, 0) is 4.79 Å². The first kappa shape index (κ1) is 18.7. The van der Waals surface area contributed by atoms with E-state index in [9.17, 15) is 9.90 Å². The number of para-hydroxylation sites is 1. The van der Waals surface area contributed by atoms with E-state index in [0.29, 0.717) is 19.0 Å². The minimum absolute atomic E-state index is 0.0424. The zero-order valence-electron chi connectivity index (χ0n) is 14.7. The van der Waals surface area contributed by atoms with Crippen molar-refractivity contribution in [1.82, 2.24) is 4.90 Å². The number of nitrogens with one attached hydrogen (secondary N) is 1. The Kier molecular flexibility index (Phi) is 6.57. The Labute approximate surface area is 134 Å². The fourth-order valence-electron chi connectivity index (χ4n) is 2.54. The van der Waals surface area contributed by atoms with Crippen molar-refractivity contribution in [3.63, 3.8) is 0 Å². The second-order valence-electron chi connectivity index (χ2n) is 6.78. The molecule has 2 N–H and O–H groups in total. The van der Waals surface area contributed by atoms with E-state index in [1.54, 1.807) is 13.8 Å². The number of nitrogens with zero attached hydrogens (tertiary/aromatic N) is 1. The van der Waals surface area contributed by atoms with Crippen LogP contribution in [-0.4, -0.2) is 40.6 Å². The molecular formula is C18H30N2O2. The lowest BCUT2D eigenvalue weighted by Gasteiger charge is -2.32.